The lowest BCUT2D eigenvalue weighted by atomic mass is 10.2. The number of benzene rings is 3. The van der Waals surface area contributed by atoms with Crippen molar-refractivity contribution in [2.75, 3.05) is 5.32 Å². The third-order valence-corrected chi connectivity index (χ3v) is 5.63. The largest absolute Gasteiger partial charge is 0.331 e. The summed E-state index contributed by atoms with van der Waals surface area (Å²) in [6.45, 7) is 0.353. The van der Waals surface area contributed by atoms with Gasteiger partial charge in [-0.25, -0.2) is 4.68 Å². The number of para-hydroxylation sites is 1. The van der Waals surface area contributed by atoms with Gasteiger partial charge >= 0.3 is 0 Å². The Labute approximate surface area is 188 Å². The lowest BCUT2D eigenvalue weighted by Gasteiger charge is -2.09. The summed E-state index contributed by atoms with van der Waals surface area (Å²) in [5, 5.41) is 9.37. The molecular weight excluding hydrogens is 424 g/mol. The van der Waals surface area contributed by atoms with E-state index in [0.717, 1.165) is 21.9 Å². The van der Waals surface area contributed by atoms with Crippen molar-refractivity contribution in [2.45, 2.75) is 13.1 Å². The van der Waals surface area contributed by atoms with Crippen LogP contribution in [0.3, 0.4) is 0 Å². The van der Waals surface area contributed by atoms with Crippen molar-refractivity contribution in [2.24, 2.45) is 0 Å². The molecule has 7 heteroatoms. The lowest BCUT2D eigenvalue weighted by molar-refractivity contribution is -0.117. The Bertz CT molecular complexity index is 1490. The third-order valence-electron chi connectivity index (χ3n) is 5.38. The number of halogens is 1. The van der Waals surface area contributed by atoms with Crippen molar-refractivity contribution in [1.82, 2.24) is 14.3 Å². The van der Waals surface area contributed by atoms with Gasteiger partial charge in [0.1, 0.15) is 12.1 Å². The first-order valence-electron chi connectivity index (χ1n) is 10.2. The summed E-state index contributed by atoms with van der Waals surface area (Å²) in [4.78, 5) is 26.0. The normalized spacial score (nSPS) is 11.2. The van der Waals surface area contributed by atoms with E-state index in [0.29, 0.717) is 22.8 Å². The van der Waals surface area contributed by atoms with Crippen LogP contribution in [0.1, 0.15) is 5.56 Å². The molecular formula is C25H19ClN4O2. The predicted octanol–water partition coefficient (Wildman–Crippen LogP) is 4.69. The van der Waals surface area contributed by atoms with Gasteiger partial charge in [-0.05, 0) is 35.9 Å². The van der Waals surface area contributed by atoms with Crippen molar-refractivity contribution >= 4 is 45.0 Å². The molecule has 0 saturated heterocycles. The number of nitrogens with zero attached hydrogens (tertiary/aromatic N) is 3. The van der Waals surface area contributed by atoms with Crippen LogP contribution in [0.2, 0.25) is 5.02 Å². The van der Waals surface area contributed by atoms with Gasteiger partial charge in [0, 0.05) is 33.5 Å². The molecule has 2 aromatic heterocycles. The van der Waals surface area contributed by atoms with E-state index in [9.17, 15) is 9.59 Å². The molecule has 0 spiro atoms. The zero-order chi connectivity index (χ0) is 22.1. The number of carbonyl (C=O) groups is 1. The van der Waals surface area contributed by atoms with Gasteiger partial charge < -0.3 is 9.88 Å². The molecule has 6 nitrogen and oxygen atoms in total. The summed E-state index contributed by atoms with van der Waals surface area (Å²) in [5.41, 5.74) is 2.86. The highest BCUT2D eigenvalue weighted by Gasteiger charge is 2.17. The van der Waals surface area contributed by atoms with E-state index in [4.69, 9.17) is 11.6 Å². The van der Waals surface area contributed by atoms with Crippen LogP contribution >= 0.6 is 11.6 Å². The number of anilines is 1. The number of rotatable bonds is 5. The zero-order valence-electron chi connectivity index (χ0n) is 17.0. The van der Waals surface area contributed by atoms with Crippen molar-refractivity contribution < 1.29 is 4.79 Å². The van der Waals surface area contributed by atoms with E-state index in [-0.39, 0.29) is 18.0 Å². The quantitative estimate of drug-likeness (QED) is 0.429. The number of nitrogens with one attached hydrogen (secondary N) is 1. The maximum absolute atomic E-state index is 13.4. The average Bonchev–Trinajstić information content (AvgIpc) is 3.12. The first-order chi connectivity index (χ1) is 15.6. The molecule has 1 N–H and O–H groups in total. The van der Waals surface area contributed by atoms with Crippen LogP contribution in [0.15, 0.2) is 89.9 Å². The van der Waals surface area contributed by atoms with E-state index in [1.807, 2.05) is 59.2 Å². The van der Waals surface area contributed by atoms with E-state index in [1.165, 1.54) is 4.68 Å². The monoisotopic (exact) mass is 442 g/mol. The fourth-order valence-corrected chi connectivity index (χ4v) is 4.03. The standard InChI is InChI=1S/C25H19ClN4O2/c26-18-10-12-19(13-11-18)28-23(31)16-30-25(32)24-21(14-27-30)20-8-4-5-9-22(20)29(24)15-17-6-2-1-3-7-17/h1-14H,15-16H2,(H,28,31). The summed E-state index contributed by atoms with van der Waals surface area (Å²) < 4.78 is 3.20. The molecule has 0 bridgehead atoms. The molecule has 0 aliphatic heterocycles. The van der Waals surface area contributed by atoms with E-state index < -0.39 is 0 Å². The number of hydrogen-bond donors (Lipinski definition) is 1. The Hall–Kier alpha value is -3.90. The zero-order valence-corrected chi connectivity index (χ0v) is 17.8. The highest BCUT2D eigenvalue weighted by Crippen LogP contribution is 2.27. The number of fused-ring (bicyclic) bond motifs is 3. The van der Waals surface area contributed by atoms with Crippen molar-refractivity contribution in [1.29, 1.82) is 0 Å². The minimum absolute atomic E-state index is 0.190. The average molecular weight is 443 g/mol. The van der Waals surface area contributed by atoms with Crippen LogP contribution < -0.4 is 10.9 Å². The molecule has 3 aromatic carbocycles. The maximum atomic E-state index is 13.4. The predicted molar refractivity (Wildman–Crippen MR) is 127 cm³/mol. The number of hydrogen-bond acceptors (Lipinski definition) is 3. The van der Waals surface area contributed by atoms with Gasteiger partial charge in [-0.2, -0.15) is 5.10 Å². The second kappa shape index (κ2) is 8.32. The summed E-state index contributed by atoms with van der Waals surface area (Å²) in [7, 11) is 0. The third kappa shape index (κ3) is 3.76. The van der Waals surface area contributed by atoms with Gasteiger partial charge in [0.05, 0.1) is 6.20 Å². The molecule has 0 radical (unpaired) electrons. The Morgan fingerprint density at radius 1 is 0.906 bits per heavy atom. The van der Waals surface area contributed by atoms with Gasteiger partial charge in [-0.15, -0.1) is 0 Å². The van der Waals surface area contributed by atoms with Crippen molar-refractivity contribution in [3.8, 4) is 0 Å². The van der Waals surface area contributed by atoms with Gasteiger partial charge in [-0.3, -0.25) is 9.59 Å². The highest BCUT2D eigenvalue weighted by molar-refractivity contribution is 6.30. The molecule has 2 heterocycles. The van der Waals surface area contributed by atoms with Crippen LogP contribution in [-0.4, -0.2) is 20.3 Å². The van der Waals surface area contributed by atoms with Crippen LogP contribution in [0.5, 0.6) is 0 Å². The minimum Gasteiger partial charge on any atom is -0.331 e. The van der Waals surface area contributed by atoms with E-state index >= 15 is 0 Å². The number of carbonyl (C=O) groups excluding carboxylic acids is 1. The maximum Gasteiger partial charge on any atom is 0.291 e. The Morgan fingerprint density at radius 2 is 1.62 bits per heavy atom. The number of aromatic nitrogens is 3. The fourth-order valence-electron chi connectivity index (χ4n) is 3.91. The fraction of sp³-hybridized carbons (Fsp3) is 0.0800. The van der Waals surface area contributed by atoms with E-state index in [1.54, 1.807) is 30.5 Å². The van der Waals surface area contributed by atoms with Gasteiger partial charge in [0.25, 0.3) is 5.56 Å². The van der Waals surface area contributed by atoms with Crippen LogP contribution in [-0.2, 0) is 17.9 Å². The molecule has 158 valence electrons. The molecule has 0 aliphatic carbocycles. The van der Waals surface area contributed by atoms with Gasteiger partial charge in [0.2, 0.25) is 5.91 Å². The first-order valence-corrected chi connectivity index (χ1v) is 10.5. The molecule has 32 heavy (non-hydrogen) atoms. The second-order valence-electron chi connectivity index (χ2n) is 7.51. The van der Waals surface area contributed by atoms with Gasteiger partial charge in [0.15, 0.2) is 0 Å². The molecule has 5 aromatic rings. The molecule has 5 rings (SSSR count). The minimum atomic E-state index is -0.341. The topological polar surface area (TPSA) is 68.9 Å². The molecule has 0 unspecified atom stereocenters. The van der Waals surface area contributed by atoms with Crippen LogP contribution in [0.4, 0.5) is 5.69 Å². The van der Waals surface area contributed by atoms with Crippen LogP contribution in [0, 0.1) is 0 Å². The number of amides is 1. The summed E-state index contributed by atoms with van der Waals surface area (Å²) in [6, 6.07) is 24.6. The second-order valence-corrected chi connectivity index (χ2v) is 7.95. The van der Waals surface area contributed by atoms with Gasteiger partial charge in [-0.1, -0.05) is 60.1 Å². The van der Waals surface area contributed by atoms with Crippen molar-refractivity contribution in [3.05, 3.63) is 106 Å². The Morgan fingerprint density at radius 3 is 2.41 bits per heavy atom. The first kappa shape index (κ1) is 20.0. The van der Waals surface area contributed by atoms with Crippen molar-refractivity contribution in [3.63, 3.8) is 0 Å². The van der Waals surface area contributed by atoms with Crippen LogP contribution in [0.25, 0.3) is 21.8 Å². The molecule has 0 saturated carbocycles. The summed E-state index contributed by atoms with van der Waals surface area (Å²) >= 11 is 5.89. The lowest BCUT2D eigenvalue weighted by Crippen LogP contribution is -2.30. The Balaban J connectivity index is 1.55. The highest BCUT2D eigenvalue weighted by atomic mass is 35.5. The smallest absolute Gasteiger partial charge is 0.291 e. The Kier molecular flexibility index (Phi) is 5.21. The SMILES string of the molecule is O=C(Cn1ncc2c3ccccc3n(Cc3ccccc3)c2c1=O)Nc1ccc(Cl)cc1. The molecule has 0 fully saturated rings. The molecule has 0 aliphatic rings. The summed E-state index contributed by atoms with van der Waals surface area (Å²) in [5.74, 6) is -0.341. The molecule has 0 atom stereocenters. The summed E-state index contributed by atoms with van der Waals surface area (Å²) in [6.07, 6.45) is 1.66. The molecule has 1 amide bonds. The van der Waals surface area contributed by atoms with E-state index in [2.05, 4.69) is 10.4 Å².